The Hall–Kier alpha value is -3.89. The summed E-state index contributed by atoms with van der Waals surface area (Å²) in [7, 11) is 0. The second-order valence-corrected chi connectivity index (χ2v) is 7.12. The van der Waals surface area contributed by atoms with Crippen LogP contribution in [0, 0.1) is 0 Å². The zero-order valence-electron chi connectivity index (χ0n) is 16.3. The van der Waals surface area contributed by atoms with E-state index in [1.54, 1.807) is 18.2 Å². The molecule has 0 unspecified atom stereocenters. The van der Waals surface area contributed by atoms with Crippen molar-refractivity contribution >= 4 is 34.3 Å². The van der Waals surface area contributed by atoms with Crippen LogP contribution in [0.2, 0.25) is 0 Å². The van der Waals surface area contributed by atoms with E-state index in [2.05, 4.69) is 25.6 Å². The van der Waals surface area contributed by atoms with Crippen molar-refractivity contribution in [2.24, 2.45) is 0 Å². The summed E-state index contributed by atoms with van der Waals surface area (Å²) < 4.78 is 31.7. The highest BCUT2D eigenvalue weighted by atomic mass is 19.3. The summed E-state index contributed by atoms with van der Waals surface area (Å²) in [5.41, 5.74) is 1.84. The van der Waals surface area contributed by atoms with Crippen molar-refractivity contribution in [1.82, 2.24) is 20.3 Å². The Kier molecular flexibility index (Phi) is 5.09. The van der Waals surface area contributed by atoms with Crippen LogP contribution in [0.3, 0.4) is 0 Å². The molecule has 0 bridgehead atoms. The highest BCUT2D eigenvalue weighted by Gasteiger charge is 2.33. The number of rotatable bonds is 5. The maximum Gasteiger partial charge on any atom is 0.322 e. The van der Waals surface area contributed by atoms with E-state index in [1.807, 2.05) is 0 Å². The minimum Gasteiger partial charge on any atom is -0.486 e. The molecule has 0 atom stereocenters. The fourth-order valence-corrected chi connectivity index (χ4v) is 3.15. The molecule has 0 saturated heterocycles. The van der Waals surface area contributed by atoms with Crippen LogP contribution >= 0.6 is 0 Å². The van der Waals surface area contributed by atoms with Gasteiger partial charge >= 0.3 is 5.92 Å². The summed E-state index contributed by atoms with van der Waals surface area (Å²) in [5.74, 6) is -4.97. The number of benzene rings is 1. The van der Waals surface area contributed by atoms with Crippen molar-refractivity contribution in [2.75, 3.05) is 11.9 Å². The first kappa shape index (κ1) is 20.4. The number of aromatic amines is 1. The van der Waals surface area contributed by atoms with Crippen LogP contribution in [0.5, 0.6) is 5.75 Å². The molecule has 9 nitrogen and oxygen atoms in total. The molecule has 160 valence electrons. The number of nitrogens with zero attached hydrogens (tertiary/aromatic N) is 2. The first-order chi connectivity index (χ1) is 14.7. The number of anilines is 1. The lowest BCUT2D eigenvalue weighted by molar-refractivity contribution is -0.137. The Bertz CT molecular complexity index is 1200. The van der Waals surface area contributed by atoms with Gasteiger partial charge in [0.15, 0.2) is 11.5 Å². The predicted molar refractivity (Wildman–Crippen MR) is 105 cm³/mol. The van der Waals surface area contributed by atoms with Crippen molar-refractivity contribution in [3.05, 3.63) is 47.5 Å². The number of ether oxygens (including phenoxy) is 1. The van der Waals surface area contributed by atoms with Crippen LogP contribution in [-0.4, -0.2) is 45.1 Å². The fraction of sp³-hybridized carbons (Fsp3) is 0.250. The number of nitrogens with one attached hydrogen (secondary N) is 3. The number of carbonyl (C=O) groups is 3. The first-order valence-corrected chi connectivity index (χ1v) is 9.28. The molecule has 0 radical (unpaired) electrons. The molecule has 4 rings (SSSR count). The Morgan fingerprint density at radius 3 is 2.87 bits per heavy atom. The molecule has 11 heteroatoms. The molecule has 2 amide bonds. The summed E-state index contributed by atoms with van der Waals surface area (Å²) >= 11 is 0. The Morgan fingerprint density at radius 2 is 2.10 bits per heavy atom. The van der Waals surface area contributed by atoms with Gasteiger partial charge in [-0.3, -0.25) is 14.4 Å². The van der Waals surface area contributed by atoms with Crippen molar-refractivity contribution in [2.45, 2.75) is 25.8 Å². The van der Waals surface area contributed by atoms with Crippen molar-refractivity contribution in [3.8, 4) is 5.75 Å². The molecule has 0 spiro atoms. The average molecular weight is 429 g/mol. The molecule has 1 aliphatic rings. The lowest BCUT2D eigenvalue weighted by Gasteiger charge is -2.17. The number of Topliss-reactive ketones (excluding diaryl/α,β-unsaturated/α-hetero) is 1. The summed E-state index contributed by atoms with van der Waals surface area (Å²) in [6.45, 7) is 0.702. The van der Waals surface area contributed by atoms with Gasteiger partial charge in [-0.2, -0.15) is 8.78 Å². The summed E-state index contributed by atoms with van der Waals surface area (Å²) in [6, 6.07) is 5.31. The maximum atomic E-state index is 13.2. The van der Waals surface area contributed by atoms with Crippen LogP contribution in [0.15, 0.2) is 30.7 Å². The van der Waals surface area contributed by atoms with Gasteiger partial charge in [0.25, 0.3) is 11.8 Å². The third-order valence-corrected chi connectivity index (χ3v) is 4.68. The first-order valence-electron chi connectivity index (χ1n) is 9.28. The largest absolute Gasteiger partial charge is 0.486 e. The lowest BCUT2D eigenvalue weighted by Crippen LogP contribution is -2.31. The quantitative estimate of drug-likeness (QED) is 0.570. The van der Waals surface area contributed by atoms with E-state index in [9.17, 15) is 23.2 Å². The molecule has 31 heavy (non-hydrogen) atoms. The number of hydrogen-bond donors (Lipinski definition) is 3. The van der Waals surface area contributed by atoms with Gasteiger partial charge in [0.05, 0.1) is 11.2 Å². The molecule has 0 saturated carbocycles. The summed E-state index contributed by atoms with van der Waals surface area (Å²) in [6.07, 6.45) is 2.64. The third kappa shape index (κ3) is 4.20. The number of halogens is 2. The van der Waals surface area contributed by atoms with Gasteiger partial charge in [0.1, 0.15) is 24.2 Å². The lowest BCUT2D eigenvalue weighted by atomic mass is 10.0. The number of carbonyl (C=O) groups excluding carboxylic acids is 3. The highest BCUT2D eigenvalue weighted by Crippen LogP contribution is 2.26. The molecule has 3 N–H and O–H groups in total. The van der Waals surface area contributed by atoms with E-state index >= 15 is 0 Å². The maximum absolute atomic E-state index is 13.2. The molecule has 3 heterocycles. The van der Waals surface area contributed by atoms with E-state index in [0.717, 1.165) is 17.5 Å². The normalized spacial score (nSPS) is 13.5. The number of hydrogen-bond acceptors (Lipinski definition) is 6. The Morgan fingerprint density at radius 1 is 1.29 bits per heavy atom. The second-order valence-electron chi connectivity index (χ2n) is 7.12. The summed E-state index contributed by atoms with van der Waals surface area (Å²) in [4.78, 5) is 46.4. The van der Waals surface area contributed by atoms with Gasteiger partial charge in [-0.25, -0.2) is 9.97 Å². The monoisotopic (exact) mass is 429 g/mol. The molecule has 0 aliphatic carbocycles. The minimum atomic E-state index is -3.57. The molecule has 1 aromatic carbocycles. The van der Waals surface area contributed by atoms with Crippen molar-refractivity contribution in [1.29, 1.82) is 0 Å². The minimum absolute atomic E-state index is 0.00905. The van der Waals surface area contributed by atoms with Crippen LogP contribution in [-0.2, 0) is 22.6 Å². The van der Waals surface area contributed by atoms with Gasteiger partial charge in [-0.15, -0.1) is 0 Å². The van der Waals surface area contributed by atoms with Crippen molar-refractivity contribution < 1.29 is 27.9 Å². The molecule has 3 aromatic rings. The topological polar surface area (TPSA) is 126 Å². The van der Waals surface area contributed by atoms with E-state index in [1.165, 1.54) is 6.20 Å². The zero-order chi connectivity index (χ0) is 22.2. The van der Waals surface area contributed by atoms with Gasteiger partial charge in [0.2, 0.25) is 0 Å². The number of aromatic nitrogens is 3. The molecular weight excluding hydrogens is 412 g/mol. The molecular formula is C20H17F2N5O4. The van der Waals surface area contributed by atoms with Crippen LogP contribution < -0.4 is 15.4 Å². The smallest absolute Gasteiger partial charge is 0.322 e. The van der Waals surface area contributed by atoms with Crippen LogP contribution in [0.1, 0.15) is 28.5 Å². The Balaban J connectivity index is 1.50. The number of alkyl halides is 2. The number of fused-ring (bicyclic) bond motifs is 2. The fourth-order valence-electron chi connectivity index (χ4n) is 3.15. The van der Waals surface area contributed by atoms with E-state index in [4.69, 9.17) is 4.74 Å². The Labute approximate surface area is 174 Å². The standard InChI is InChI=1S/C20H17F2N5O4/c1-20(21,22)19(30)27-13-7-23-16-15(13)25-9-26-17(16)18(29)24-6-10-2-3-14-11(4-10)5-12(28)8-31-14/h2-4,7,9,23H,5-6,8H2,1H3,(H,24,29)(H,27,30). The van der Waals surface area contributed by atoms with Gasteiger partial charge in [0, 0.05) is 31.6 Å². The van der Waals surface area contributed by atoms with Crippen LogP contribution in [0.4, 0.5) is 14.5 Å². The number of ketones is 1. The predicted octanol–water partition coefficient (Wildman–Crippen LogP) is 1.99. The zero-order valence-corrected chi connectivity index (χ0v) is 16.3. The van der Waals surface area contributed by atoms with E-state index in [0.29, 0.717) is 12.7 Å². The van der Waals surface area contributed by atoms with E-state index in [-0.39, 0.29) is 47.8 Å². The number of amides is 2. The van der Waals surface area contributed by atoms with Gasteiger partial charge in [-0.05, 0) is 17.7 Å². The van der Waals surface area contributed by atoms with Gasteiger partial charge < -0.3 is 20.4 Å². The molecule has 0 fully saturated rings. The van der Waals surface area contributed by atoms with Gasteiger partial charge in [-0.1, -0.05) is 6.07 Å². The SMILES string of the molecule is CC(F)(F)C(=O)Nc1c[nH]c2c(C(=O)NCc3ccc4c(c3)CC(=O)CO4)ncnc12. The second kappa shape index (κ2) is 7.74. The van der Waals surface area contributed by atoms with Crippen LogP contribution in [0.25, 0.3) is 11.0 Å². The molecule has 2 aromatic heterocycles. The highest BCUT2D eigenvalue weighted by molar-refractivity contribution is 6.08. The summed E-state index contributed by atoms with van der Waals surface area (Å²) in [5, 5.41) is 4.80. The van der Waals surface area contributed by atoms with E-state index < -0.39 is 17.7 Å². The van der Waals surface area contributed by atoms with Crippen molar-refractivity contribution in [3.63, 3.8) is 0 Å². The molecule has 1 aliphatic heterocycles. The average Bonchev–Trinajstić information content (AvgIpc) is 3.14. The number of H-pyrrole nitrogens is 1. The third-order valence-electron chi connectivity index (χ3n) is 4.68.